The summed E-state index contributed by atoms with van der Waals surface area (Å²) < 4.78 is 17.0. The Morgan fingerprint density at radius 2 is 1.93 bits per heavy atom. The lowest BCUT2D eigenvalue weighted by atomic mass is 9.53. The van der Waals surface area contributed by atoms with Crippen molar-refractivity contribution >= 4 is 11.6 Å². The Morgan fingerprint density at radius 1 is 1.14 bits per heavy atom. The molecule has 0 saturated carbocycles. The number of nitrogens with one attached hydrogen (secondary N) is 1. The minimum absolute atomic E-state index is 0.0825. The minimum atomic E-state index is -0.825. The van der Waals surface area contributed by atoms with Crippen molar-refractivity contribution in [3.8, 4) is 34.1 Å². The number of nitrogens with zero attached hydrogens (tertiary/aromatic N) is 2. The molecule has 1 fully saturated rings. The van der Waals surface area contributed by atoms with Gasteiger partial charge in [0.25, 0.3) is 11.6 Å². The smallest absolute Gasteiger partial charge is 0.270 e. The van der Waals surface area contributed by atoms with Crippen molar-refractivity contribution in [2.24, 2.45) is 5.92 Å². The zero-order valence-corrected chi connectivity index (χ0v) is 24.6. The van der Waals surface area contributed by atoms with Gasteiger partial charge >= 0.3 is 0 Å². The highest BCUT2D eigenvalue weighted by molar-refractivity contribution is 6.02. The molecule has 1 saturated heterocycles. The minimum Gasteiger partial charge on any atom is -0.504 e. The number of aliphatic hydroxyl groups is 1. The third kappa shape index (κ3) is 3.99. The van der Waals surface area contributed by atoms with Crippen LogP contribution in [0.3, 0.4) is 0 Å². The summed E-state index contributed by atoms with van der Waals surface area (Å²) in [5.41, 5.74) is 3.03. The van der Waals surface area contributed by atoms with Crippen LogP contribution in [0.2, 0.25) is 0 Å². The number of aliphatic hydroxyl groups excluding tert-OH is 1. The van der Waals surface area contributed by atoms with Gasteiger partial charge in [0, 0.05) is 41.6 Å². The lowest BCUT2D eigenvalue weighted by Gasteiger charge is -2.56. The van der Waals surface area contributed by atoms with Gasteiger partial charge in [-0.25, -0.2) is 0 Å². The molecule has 228 valence electrons. The van der Waals surface area contributed by atoms with Crippen LogP contribution in [0.5, 0.6) is 23.0 Å². The van der Waals surface area contributed by atoms with Crippen LogP contribution in [-0.2, 0) is 18.4 Å². The first kappa shape index (κ1) is 28.2. The van der Waals surface area contributed by atoms with E-state index in [0.29, 0.717) is 34.8 Å². The van der Waals surface area contributed by atoms with Gasteiger partial charge in [-0.15, -0.1) is 0 Å². The van der Waals surface area contributed by atoms with Crippen molar-refractivity contribution < 1.29 is 34.1 Å². The molecule has 4 aliphatic rings. The van der Waals surface area contributed by atoms with Gasteiger partial charge < -0.3 is 34.6 Å². The molecule has 2 aliphatic heterocycles. The van der Waals surface area contributed by atoms with E-state index in [9.17, 15) is 25.1 Å². The third-order valence-corrected chi connectivity index (χ3v) is 9.93. The van der Waals surface area contributed by atoms with Crippen LogP contribution in [0, 0.1) is 16.0 Å². The number of nitro groups is 1. The maximum absolute atomic E-state index is 13.8. The molecule has 2 bridgehead atoms. The van der Waals surface area contributed by atoms with E-state index in [0.717, 1.165) is 29.7 Å². The van der Waals surface area contributed by atoms with Crippen LogP contribution < -0.4 is 19.5 Å². The fourth-order valence-corrected chi connectivity index (χ4v) is 7.90. The van der Waals surface area contributed by atoms with Gasteiger partial charge in [-0.2, -0.15) is 0 Å². The average molecular weight is 600 g/mol. The number of ether oxygens (including phenoxy) is 3. The molecule has 3 N–H and O–H groups in total. The van der Waals surface area contributed by atoms with Crippen molar-refractivity contribution in [3.63, 3.8) is 0 Å². The van der Waals surface area contributed by atoms with Gasteiger partial charge in [0.05, 0.1) is 24.7 Å². The summed E-state index contributed by atoms with van der Waals surface area (Å²) in [4.78, 5) is 27.4. The fourth-order valence-electron chi connectivity index (χ4n) is 7.90. The van der Waals surface area contributed by atoms with Crippen LogP contribution in [-0.4, -0.2) is 72.0 Å². The molecule has 2 heterocycles. The lowest BCUT2D eigenvalue weighted by molar-refractivity contribution is -0.384. The van der Waals surface area contributed by atoms with Gasteiger partial charge in [0.15, 0.2) is 23.0 Å². The monoisotopic (exact) mass is 599 g/mol. The first-order valence-electron chi connectivity index (χ1n) is 14.6. The van der Waals surface area contributed by atoms with E-state index < -0.39 is 28.5 Å². The largest absolute Gasteiger partial charge is 0.504 e. The number of amides is 1. The molecular formula is C33H33N3O8. The fraction of sp³-hybridized carbons (Fsp3) is 0.364. The molecule has 1 amide bonds. The Bertz CT molecular complexity index is 1740. The number of hydrogen-bond acceptors (Lipinski definition) is 9. The number of benzene rings is 3. The first-order chi connectivity index (χ1) is 21.2. The van der Waals surface area contributed by atoms with E-state index >= 15 is 0 Å². The molecule has 3 aromatic rings. The standard InChI is InChI=1S/C33H33N3O8/c1-35-11-10-33-23-7-8-25(37)31(33)44-30-26(38)15-20(21(29(30)33)14-24(23)35)19-6-5-18(36(40)41)13-22(19)32(39)34-16-17-4-9-27(42-2)28(12-17)43-3/h4-9,12-13,15,23-25,31,37-38H,10-11,14,16H2,1-3H3,(H,34,39)/t23-,24+,25-,31-,33-/m0/s1. The SMILES string of the molecule is COc1ccc(CNC(=O)c2cc([N+](=O)[O-])ccc2-c2cc(O)c3c4c2C[C@@H]2[C@@H]5C=C[C@H](O)[C@H](O3)[C@]45CCN2C)cc1OC. The van der Waals surface area contributed by atoms with Crippen LogP contribution in [0.25, 0.3) is 11.1 Å². The molecule has 0 aromatic heterocycles. The van der Waals surface area contributed by atoms with Crippen molar-refractivity contribution in [1.82, 2.24) is 10.2 Å². The number of piperidine rings is 1. The molecule has 11 heteroatoms. The number of hydrogen-bond donors (Lipinski definition) is 3. The van der Waals surface area contributed by atoms with E-state index in [1.54, 1.807) is 36.4 Å². The second kappa shape index (κ2) is 10.2. The number of aromatic hydroxyl groups is 1. The van der Waals surface area contributed by atoms with Gasteiger partial charge in [-0.05, 0) is 73.0 Å². The van der Waals surface area contributed by atoms with Gasteiger partial charge in [0.1, 0.15) is 12.2 Å². The van der Waals surface area contributed by atoms with Crippen molar-refractivity contribution in [3.05, 3.63) is 87.0 Å². The number of phenols is 1. The Labute approximate surface area is 253 Å². The molecule has 7 rings (SSSR count). The van der Waals surface area contributed by atoms with Crippen LogP contribution >= 0.6 is 0 Å². The molecule has 44 heavy (non-hydrogen) atoms. The number of methoxy groups -OCH3 is 2. The molecule has 11 nitrogen and oxygen atoms in total. The van der Waals surface area contributed by atoms with Crippen LogP contribution in [0.1, 0.15) is 33.5 Å². The van der Waals surface area contributed by atoms with Gasteiger partial charge in [-0.1, -0.05) is 18.2 Å². The molecule has 5 atom stereocenters. The number of nitro benzene ring substituents is 1. The molecule has 1 spiro atoms. The van der Waals surface area contributed by atoms with E-state index in [2.05, 4.69) is 23.3 Å². The summed E-state index contributed by atoms with van der Waals surface area (Å²) in [5, 5.41) is 37.0. The summed E-state index contributed by atoms with van der Waals surface area (Å²) >= 11 is 0. The van der Waals surface area contributed by atoms with Crippen LogP contribution in [0.4, 0.5) is 5.69 Å². The Kier molecular flexibility index (Phi) is 6.56. The lowest BCUT2D eigenvalue weighted by Crippen LogP contribution is -2.64. The summed E-state index contributed by atoms with van der Waals surface area (Å²) in [7, 11) is 5.16. The Hall–Kier alpha value is -4.61. The summed E-state index contributed by atoms with van der Waals surface area (Å²) in [6.45, 7) is 0.952. The maximum atomic E-state index is 13.8. The topological polar surface area (TPSA) is 144 Å². The number of likely N-dealkylation sites (tertiary alicyclic amines) is 1. The van der Waals surface area contributed by atoms with E-state index in [-0.39, 0.29) is 35.5 Å². The number of phenolic OH excluding ortho intramolecular Hbond substituents is 1. The highest BCUT2D eigenvalue weighted by atomic mass is 16.6. The first-order valence-corrected chi connectivity index (χ1v) is 14.6. The van der Waals surface area contributed by atoms with Crippen LogP contribution in [0.15, 0.2) is 54.6 Å². The van der Waals surface area contributed by atoms with Crippen molar-refractivity contribution in [2.75, 3.05) is 27.8 Å². The second-order valence-electron chi connectivity index (χ2n) is 12.0. The summed E-state index contributed by atoms with van der Waals surface area (Å²) in [5.74, 6) is 0.948. The third-order valence-electron chi connectivity index (χ3n) is 9.93. The van der Waals surface area contributed by atoms with Crippen molar-refractivity contribution in [2.45, 2.75) is 43.1 Å². The molecule has 0 radical (unpaired) electrons. The second-order valence-corrected chi connectivity index (χ2v) is 12.0. The number of non-ortho nitro benzene ring substituents is 1. The van der Waals surface area contributed by atoms with E-state index in [1.165, 1.54) is 26.4 Å². The van der Waals surface area contributed by atoms with Gasteiger partial charge in [-0.3, -0.25) is 14.9 Å². The Balaban J connectivity index is 1.34. The predicted molar refractivity (Wildman–Crippen MR) is 160 cm³/mol. The highest BCUT2D eigenvalue weighted by Gasteiger charge is 2.64. The summed E-state index contributed by atoms with van der Waals surface area (Å²) in [6.07, 6.45) is 3.88. The number of rotatable bonds is 7. The maximum Gasteiger partial charge on any atom is 0.270 e. The molecule has 2 aliphatic carbocycles. The average Bonchev–Trinajstić information content (AvgIpc) is 3.39. The van der Waals surface area contributed by atoms with E-state index in [4.69, 9.17) is 14.2 Å². The quantitative estimate of drug-likeness (QED) is 0.210. The van der Waals surface area contributed by atoms with E-state index in [1.807, 2.05) is 0 Å². The predicted octanol–water partition coefficient (Wildman–Crippen LogP) is 3.72. The zero-order chi connectivity index (χ0) is 30.9. The normalized spacial score (nSPS) is 26.0. The Morgan fingerprint density at radius 3 is 2.68 bits per heavy atom. The zero-order valence-electron chi connectivity index (χ0n) is 24.6. The number of likely N-dealkylation sites (N-methyl/N-ethyl adjacent to an activating group) is 1. The number of carbonyl (C=O) groups is 1. The molecular weight excluding hydrogens is 566 g/mol. The van der Waals surface area contributed by atoms with Gasteiger partial charge in [0.2, 0.25) is 0 Å². The van der Waals surface area contributed by atoms with Crippen molar-refractivity contribution in [1.29, 1.82) is 0 Å². The summed E-state index contributed by atoms with van der Waals surface area (Å²) in [6, 6.07) is 11.2. The number of carbonyl (C=O) groups excluding carboxylic acids is 1. The molecule has 3 aromatic carbocycles. The highest BCUT2D eigenvalue weighted by Crippen LogP contribution is 2.63. The molecule has 0 unspecified atom stereocenters.